The van der Waals surface area contributed by atoms with E-state index in [1.165, 1.54) is 6.26 Å². The van der Waals surface area contributed by atoms with Gasteiger partial charge >= 0.3 is 0 Å². The number of aryl methyl sites for hydroxylation is 2. The lowest BCUT2D eigenvalue weighted by Gasteiger charge is -2.15. The van der Waals surface area contributed by atoms with Gasteiger partial charge in [-0.15, -0.1) is 0 Å². The van der Waals surface area contributed by atoms with Crippen LogP contribution >= 0.6 is 27.5 Å². The van der Waals surface area contributed by atoms with Crippen molar-refractivity contribution < 1.29 is 8.42 Å². The molecule has 5 heteroatoms. The summed E-state index contributed by atoms with van der Waals surface area (Å²) in [6, 6.07) is 10.9. The SMILES string of the molecule is Cc1cc(Cl)c(C(Br)c2cccc(S(C)(=O)=O)c2)cc1C. The fourth-order valence-corrected chi connectivity index (χ4v) is 3.88. The van der Waals surface area contributed by atoms with E-state index < -0.39 is 9.84 Å². The summed E-state index contributed by atoms with van der Waals surface area (Å²) in [6.45, 7) is 4.04. The van der Waals surface area contributed by atoms with Gasteiger partial charge in [-0.1, -0.05) is 45.7 Å². The Labute approximate surface area is 139 Å². The molecule has 2 aromatic carbocycles. The molecule has 2 rings (SSSR count). The smallest absolute Gasteiger partial charge is 0.175 e. The predicted molar refractivity (Wildman–Crippen MR) is 91.2 cm³/mol. The van der Waals surface area contributed by atoms with E-state index in [1.54, 1.807) is 18.2 Å². The van der Waals surface area contributed by atoms with E-state index in [0.717, 1.165) is 22.3 Å². The second kappa shape index (κ2) is 6.11. The van der Waals surface area contributed by atoms with Gasteiger partial charge in [-0.05, 0) is 54.3 Å². The first-order valence-corrected chi connectivity index (χ1v) is 9.59. The Morgan fingerprint density at radius 2 is 1.71 bits per heavy atom. The van der Waals surface area contributed by atoms with E-state index in [1.807, 2.05) is 32.0 Å². The van der Waals surface area contributed by atoms with Crippen molar-refractivity contribution in [1.29, 1.82) is 0 Å². The third-order valence-corrected chi connectivity index (χ3v) is 5.92. The quantitative estimate of drug-likeness (QED) is 0.706. The largest absolute Gasteiger partial charge is 0.224 e. The molecule has 21 heavy (non-hydrogen) atoms. The van der Waals surface area contributed by atoms with Crippen LogP contribution in [0.1, 0.15) is 27.1 Å². The Bertz CT molecular complexity index is 785. The molecule has 1 atom stereocenters. The van der Waals surface area contributed by atoms with Crippen LogP contribution in [0.2, 0.25) is 5.02 Å². The molecule has 0 bridgehead atoms. The summed E-state index contributed by atoms with van der Waals surface area (Å²) in [7, 11) is -3.22. The molecule has 0 saturated carbocycles. The highest BCUT2D eigenvalue weighted by Gasteiger charge is 2.17. The lowest BCUT2D eigenvalue weighted by Crippen LogP contribution is -2.00. The number of hydrogen-bond acceptors (Lipinski definition) is 2. The minimum atomic E-state index is -3.22. The molecule has 0 spiro atoms. The van der Waals surface area contributed by atoms with Crippen molar-refractivity contribution in [2.75, 3.05) is 6.26 Å². The van der Waals surface area contributed by atoms with E-state index in [9.17, 15) is 8.42 Å². The first-order valence-electron chi connectivity index (χ1n) is 6.41. The molecule has 0 aliphatic heterocycles. The van der Waals surface area contributed by atoms with Gasteiger partial charge in [0.15, 0.2) is 9.84 Å². The molecule has 0 fully saturated rings. The summed E-state index contributed by atoms with van der Waals surface area (Å²) in [5.74, 6) is 0. The summed E-state index contributed by atoms with van der Waals surface area (Å²) >= 11 is 9.95. The summed E-state index contributed by atoms with van der Waals surface area (Å²) < 4.78 is 23.3. The standard InChI is InChI=1S/C16H16BrClO2S/c1-10-7-14(15(18)8-11(10)2)16(17)12-5-4-6-13(9-12)21(3,19)20/h4-9,16H,1-3H3. The van der Waals surface area contributed by atoms with Crippen LogP contribution in [0.4, 0.5) is 0 Å². The summed E-state index contributed by atoms with van der Waals surface area (Å²) in [4.78, 5) is 0.162. The van der Waals surface area contributed by atoms with Crippen LogP contribution in [0.15, 0.2) is 41.3 Å². The number of sulfone groups is 1. The normalized spacial score (nSPS) is 13.2. The van der Waals surface area contributed by atoms with Gasteiger partial charge in [-0.25, -0.2) is 8.42 Å². The zero-order valence-corrected chi connectivity index (χ0v) is 15.2. The first-order chi connectivity index (χ1) is 9.70. The number of rotatable bonds is 3. The minimum absolute atomic E-state index is 0.147. The molecule has 0 amide bonds. The first kappa shape index (κ1) is 16.5. The highest BCUT2D eigenvalue weighted by molar-refractivity contribution is 9.09. The van der Waals surface area contributed by atoms with Crippen LogP contribution in [0, 0.1) is 13.8 Å². The molecule has 0 aliphatic carbocycles. The maximum atomic E-state index is 11.7. The fourth-order valence-electron chi connectivity index (χ4n) is 2.08. The number of halogens is 2. The summed E-state index contributed by atoms with van der Waals surface area (Å²) in [5, 5.41) is 0.671. The maximum Gasteiger partial charge on any atom is 0.175 e. The third-order valence-electron chi connectivity index (χ3n) is 3.46. The number of hydrogen-bond donors (Lipinski definition) is 0. The molecule has 2 nitrogen and oxygen atoms in total. The predicted octanol–water partition coefficient (Wildman–Crippen LogP) is 4.84. The molecule has 112 valence electrons. The van der Waals surface area contributed by atoms with Gasteiger partial charge in [-0.3, -0.25) is 0 Å². The van der Waals surface area contributed by atoms with E-state index in [0.29, 0.717) is 9.92 Å². The van der Waals surface area contributed by atoms with Gasteiger partial charge in [0.25, 0.3) is 0 Å². The molecule has 0 aromatic heterocycles. The van der Waals surface area contributed by atoms with Crippen LogP contribution in [0.3, 0.4) is 0 Å². The fraction of sp³-hybridized carbons (Fsp3) is 0.250. The van der Waals surface area contributed by atoms with Crippen molar-refractivity contribution in [3.8, 4) is 0 Å². The molecular formula is C16H16BrClO2S. The monoisotopic (exact) mass is 386 g/mol. The minimum Gasteiger partial charge on any atom is -0.224 e. The zero-order chi connectivity index (χ0) is 15.8. The van der Waals surface area contributed by atoms with E-state index in [2.05, 4.69) is 15.9 Å². The third kappa shape index (κ3) is 3.68. The van der Waals surface area contributed by atoms with Gasteiger partial charge in [0.1, 0.15) is 0 Å². The van der Waals surface area contributed by atoms with E-state index >= 15 is 0 Å². The second-order valence-electron chi connectivity index (χ2n) is 5.17. The Morgan fingerprint density at radius 1 is 1.10 bits per heavy atom. The van der Waals surface area contributed by atoms with E-state index in [4.69, 9.17) is 11.6 Å². The van der Waals surface area contributed by atoms with Gasteiger partial charge in [0, 0.05) is 11.3 Å². The van der Waals surface area contributed by atoms with Crippen molar-refractivity contribution in [2.24, 2.45) is 0 Å². The lowest BCUT2D eigenvalue weighted by atomic mass is 10.0. The van der Waals surface area contributed by atoms with Gasteiger partial charge in [0.05, 0.1) is 9.72 Å². The van der Waals surface area contributed by atoms with Gasteiger partial charge < -0.3 is 0 Å². The number of benzene rings is 2. The summed E-state index contributed by atoms with van der Waals surface area (Å²) in [5.41, 5.74) is 4.08. The van der Waals surface area contributed by atoms with Crippen LogP contribution in [0.5, 0.6) is 0 Å². The maximum absolute atomic E-state index is 11.7. The molecule has 2 aromatic rings. The average molecular weight is 388 g/mol. The van der Waals surface area contributed by atoms with E-state index in [-0.39, 0.29) is 4.83 Å². The van der Waals surface area contributed by atoms with Crippen LogP contribution in [0.25, 0.3) is 0 Å². The molecule has 0 aliphatic rings. The Morgan fingerprint density at radius 3 is 2.33 bits per heavy atom. The molecule has 0 radical (unpaired) electrons. The van der Waals surface area contributed by atoms with Crippen molar-refractivity contribution in [3.63, 3.8) is 0 Å². The Hall–Kier alpha value is -0.840. The Balaban J connectivity index is 2.50. The second-order valence-corrected chi connectivity index (χ2v) is 8.50. The van der Waals surface area contributed by atoms with Crippen LogP contribution < -0.4 is 0 Å². The topological polar surface area (TPSA) is 34.1 Å². The van der Waals surface area contributed by atoms with Crippen molar-refractivity contribution in [3.05, 3.63) is 63.7 Å². The molecular weight excluding hydrogens is 372 g/mol. The van der Waals surface area contributed by atoms with Gasteiger partial charge in [-0.2, -0.15) is 0 Å². The molecule has 0 heterocycles. The molecule has 0 saturated heterocycles. The highest BCUT2D eigenvalue weighted by Crippen LogP contribution is 2.37. The van der Waals surface area contributed by atoms with Gasteiger partial charge in [0.2, 0.25) is 0 Å². The van der Waals surface area contributed by atoms with Crippen LogP contribution in [-0.2, 0) is 9.84 Å². The van der Waals surface area contributed by atoms with Crippen molar-refractivity contribution >= 4 is 37.4 Å². The van der Waals surface area contributed by atoms with Crippen LogP contribution in [-0.4, -0.2) is 14.7 Å². The highest BCUT2D eigenvalue weighted by atomic mass is 79.9. The van der Waals surface area contributed by atoms with Crippen molar-refractivity contribution in [1.82, 2.24) is 0 Å². The molecule has 0 N–H and O–H groups in total. The zero-order valence-electron chi connectivity index (χ0n) is 12.0. The molecule has 1 unspecified atom stereocenters. The summed E-state index contributed by atoms with van der Waals surface area (Å²) in [6.07, 6.45) is 1.21. The lowest BCUT2D eigenvalue weighted by molar-refractivity contribution is 0.602. The number of alkyl halides is 1. The average Bonchev–Trinajstić information content (AvgIpc) is 2.41. The van der Waals surface area contributed by atoms with Crippen molar-refractivity contribution in [2.45, 2.75) is 23.6 Å². The Kier molecular flexibility index (Phi) is 4.81.